The third kappa shape index (κ3) is 19.9. The van der Waals surface area contributed by atoms with E-state index >= 15 is 0 Å². The minimum absolute atomic E-state index is 0. The number of piperidine rings is 2. The minimum Gasteiger partial charge on any atom is -0.446 e. The van der Waals surface area contributed by atoms with Crippen LogP contribution >= 0.6 is 37.2 Å². The first kappa shape index (κ1) is 77.8. The average Bonchev–Trinajstić information content (AvgIpc) is 1.59. The molecule has 1 aliphatic carbocycles. The lowest BCUT2D eigenvalue weighted by Gasteiger charge is -2.44. The molecule has 0 bridgehead atoms. The summed E-state index contributed by atoms with van der Waals surface area (Å²) in [5.41, 5.74) is 1.02. The third-order valence-electron chi connectivity index (χ3n) is 18.9. The van der Waals surface area contributed by atoms with Crippen molar-refractivity contribution >= 4 is 78.3 Å². The van der Waals surface area contributed by atoms with Gasteiger partial charge in [-0.25, -0.2) is 9.18 Å². The van der Waals surface area contributed by atoms with Crippen LogP contribution in [-0.2, 0) is 53.6 Å². The number of para-hydroxylation sites is 1. The van der Waals surface area contributed by atoms with Crippen molar-refractivity contribution in [3.8, 4) is 11.1 Å². The lowest BCUT2D eigenvalue weighted by atomic mass is 9.72. The molecule has 0 radical (unpaired) electrons. The van der Waals surface area contributed by atoms with Crippen LogP contribution in [0, 0.1) is 5.82 Å². The molecule has 0 unspecified atom stereocenters. The second-order valence-electron chi connectivity index (χ2n) is 25.2. The highest BCUT2D eigenvalue weighted by Crippen LogP contribution is 2.48. The number of benzene rings is 6. The zero-order valence-electron chi connectivity index (χ0n) is 54.6. The van der Waals surface area contributed by atoms with Crippen LogP contribution in [0.1, 0.15) is 106 Å². The number of hydrogen-bond acceptors (Lipinski definition) is 11. The molecule has 3 fully saturated rings. The second kappa shape index (κ2) is 35.0. The molecule has 3 aliphatic heterocycles. The van der Waals surface area contributed by atoms with E-state index in [1.165, 1.54) is 29.2 Å². The number of unbranched alkanes of at least 4 members (excludes halogenated alkanes) is 2. The number of hydrogen-bond donors (Lipinski definition) is 3. The molecule has 6 aromatic carbocycles. The first-order valence-electron chi connectivity index (χ1n) is 32.4. The van der Waals surface area contributed by atoms with Gasteiger partial charge in [0.15, 0.2) is 0 Å². The van der Waals surface area contributed by atoms with E-state index in [1.54, 1.807) is 24.1 Å². The number of halogens is 10. The number of ether oxygens (including phenoxy) is 3. The highest BCUT2D eigenvalue weighted by atomic mass is 35.5. The summed E-state index contributed by atoms with van der Waals surface area (Å²) in [4.78, 5) is 75.2. The quantitative estimate of drug-likeness (QED) is 0.0369. The minimum atomic E-state index is -5.15. The van der Waals surface area contributed by atoms with E-state index in [0.717, 1.165) is 84.6 Å². The predicted molar refractivity (Wildman–Crippen MR) is 368 cm³/mol. The van der Waals surface area contributed by atoms with Gasteiger partial charge >= 0.3 is 18.4 Å². The van der Waals surface area contributed by atoms with Gasteiger partial charge in [-0.1, -0.05) is 91.3 Å². The van der Waals surface area contributed by atoms with Crippen LogP contribution in [0.4, 0.5) is 46.9 Å². The van der Waals surface area contributed by atoms with Gasteiger partial charge in [0.25, 0.3) is 11.8 Å². The fourth-order valence-corrected chi connectivity index (χ4v) is 13.3. The number of likely N-dealkylation sites (N-methyl/N-ethyl adjacent to an activating group) is 2. The predicted octanol–water partition coefficient (Wildman–Crippen LogP) is 13.5. The lowest BCUT2D eigenvalue weighted by Crippen LogP contribution is -2.50. The van der Waals surface area contributed by atoms with Crippen molar-refractivity contribution in [3.05, 3.63) is 190 Å². The Morgan fingerprint density at radius 2 is 1.30 bits per heavy atom. The maximum atomic E-state index is 14.2. The zero-order valence-corrected chi connectivity index (χ0v) is 57.1. The van der Waals surface area contributed by atoms with E-state index in [-0.39, 0.29) is 106 Å². The summed E-state index contributed by atoms with van der Waals surface area (Å²) in [6.07, 6.45) is -4.68. The first-order chi connectivity index (χ1) is 45.6. The zero-order chi connectivity index (χ0) is 67.3. The van der Waals surface area contributed by atoms with Crippen molar-refractivity contribution in [2.45, 2.75) is 99.8 Å². The largest absolute Gasteiger partial charge is 0.446 e. The molecule has 26 heteroatoms. The number of nitrogens with zero attached hydrogens (tertiary/aromatic N) is 5. The van der Waals surface area contributed by atoms with E-state index in [0.29, 0.717) is 87.4 Å². The standard InChI is InChI=1S/C72H81F7N8O8.3ClH/c1-83(40-34-81-66(90)51-20-26-58(27-21-51)80-33-12-4-7-19-64(88)84(2)41-42-85-35-28-59(29-36-85)95-68(92)82-62-18-11-9-16-60(62)50-13-5-3-6-14-50)65(89)47-93-63-45-52-15-8-10-17-61(52)69(63)30-37-86(38-31-69)39-32-70(54-22-24-57(73)25-23-54)48-87(49-94-70)67(91)53-43-55(71(74,75)76)46-56(44-53)72(77,78)79;;;/h3,5-6,8-11,13-18,20-27,43-44,46,59,63,80H,4,7,12,19,28-42,45,47-49H2,1-2H3,(H,81,90)(H,82,92);3*1H/t63-,70+;;;/m0.../s1. The molecule has 3 saturated heterocycles. The SMILES string of the molecule is CN(CCN1CCC(OC(=O)Nc2ccccc2-c2ccccc2)CC1)C(=O)CCCCCNc1ccc(C(=O)NCCN(C)C(=O)CO[C@H]2Cc3ccccc3C23CCN(CC[C@]2(c4ccc(F)cc4)CN(C(=O)c4cc(C(F)(F)F)cc(C(F)(F)F)c4)CO2)CC3)cc1.Cl.Cl.Cl. The fraction of sp³-hybridized carbons (Fsp3) is 0.431. The van der Waals surface area contributed by atoms with Gasteiger partial charge in [-0.15, -0.1) is 37.2 Å². The molecular weight excluding hydrogens is 1340 g/mol. The molecule has 3 heterocycles. The highest BCUT2D eigenvalue weighted by Gasteiger charge is 2.50. The molecule has 0 aromatic heterocycles. The molecule has 4 aliphatic rings. The van der Waals surface area contributed by atoms with Gasteiger partial charge in [-0.3, -0.25) is 24.5 Å². The van der Waals surface area contributed by atoms with Crippen LogP contribution in [0.2, 0.25) is 0 Å². The molecule has 1 spiro atoms. The summed E-state index contributed by atoms with van der Waals surface area (Å²) >= 11 is 0. The average molecular weight is 1430 g/mol. The second-order valence-corrected chi connectivity index (χ2v) is 25.2. The molecule has 530 valence electrons. The summed E-state index contributed by atoms with van der Waals surface area (Å²) < 4.78 is 115. The molecule has 0 saturated carbocycles. The normalized spacial score (nSPS) is 17.7. The molecular formula is C72H84Cl3F7N8O8. The Kier molecular flexibility index (Phi) is 27.8. The molecule has 16 nitrogen and oxygen atoms in total. The Morgan fingerprint density at radius 1 is 0.663 bits per heavy atom. The van der Waals surface area contributed by atoms with Crippen molar-refractivity contribution < 1.29 is 68.9 Å². The number of likely N-dealkylation sites (tertiary alicyclic amines) is 2. The van der Waals surface area contributed by atoms with Crippen LogP contribution in [-0.4, -0.2) is 166 Å². The number of rotatable bonds is 25. The van der Waals surface area contributed by atoms with Crippen molar-refractivity contribution in [2.75, 3.05) is 110 Å². The molecule has 2 atom stereocenters. The maximum Gasteiger partial charge on any atom is 0.416 e. The van der Waals surface area contributed by atoms with E-state index in [9.17, 15) is 54.7 Å². The summed E-state index contributed by atoms with van der Waals surface area (Å²) in [5.74, 6) is -2.03. The van der Waals surface area contributed by atoms with E-state index in [4.69, 9.17) is 14.2 Å². The van der Waals surface area contributed by atoms with Crippen LogP contribution in [0.15, 0.2) is 146 Å². The van der Waals surface area contributed by atoms with Gasteiger partial charge in [0.05, 0.1) is 29.5 Å². The summed E-state index contributed by atoms with van der Waals surface area (Å²) in [7, 11) is 3.50. The van der Waals surface area contributed by atoms with Crippen LogP contribution < -0.4 is 16.0 Å². The fourth-order valence-electron chi connectivity index (χ4n) is 13.3. The van der Waals surface area contributed by atoms with Crippen molar-refractivity contribution in [1.29, 1.82) is 0 Å². The van der Waals surface area contributed by atoms with Crippen LogP contribution in [0.25, 0.3) is 11.1 Å². The van der Waals surface area contributed by atoms with Gasteiger partial charge < -0.3 is 49.3 Å². The van der Waals surface area contributed by atoms with Crippen LogP contribution in [0.3, 0.4) is 0 Å². The van der Waals surface area contributed by atoms with E-state index in [1.807, 2.05) is 85.9 Å². The van der Waals surface area contributed by atoms with Gasteiger partial charge in [-0.05, 0) is 147 Å². The number of nitrogens with one attached hydrogen (secondary N) is 3. The van der Waals surface area contributed by atoms with Gasteiger partial charge in [0.1, 0.15) is 30.9 Å². The van der Waals surface area contributed by atoms with Crippen molar-refractivity contribution in [3.63, 3.8) is 0 Å². The molecule has 5 amide bonds. The Morgan fingerprint density at radius 3 is 1.98 bits per heavy atom. The number of amides is 5. The smallest absolute Gasteiger partial charge is 0.416 e. The van der Waals surface area contributed by atoms with Gasteiger partial charge in [-0.2, -0.15) is 26.3 Å². The molecule has 98 heavy (non-hydrogen) atoms. The first-order valence-corrected chi connectivity index (χ1v) is 32.4. The molecule has 6 aromatic rings. The Labute approximate surface area is 585 Å². The van der Waals surface area contributed by atoms with E-state index in [2.05, 4.69) is 37.9 Å². The number of carbonyl (C=O) groups is 5. The van der Waals surface area contributed by atoms with Gasteiger partial charge in [0.2, 0.25) is 11.8 Å². The van der Waals surface area contributed by atoms with Crippen molar-refractivity contribution in [1.82, 2.24) is 29.8 Å². The van der Waals surface area contributed by atoms with Gasteiger partial charge in [0, 0.05) is 101 Å². The molecule has 3 N–H and O–H groups in total. The summed E-state index contributed by atoms with van der Waals surface area (Å²) in [5, 5.41) is 9.22. The number of anilines is 2. The summed E-state index contributed by atoms with van der Waals surface area (Å²) in [6.45, 7) is 4.86. The number of fused-ring (bicyclic) bond motifs is 2. The monoisotopic (exact) mass is 1430 g/mol. The topological polar surface area (TPSA) is 165 Å². The Balaban J connectivity index is 0.00000451. The number of carbonyl (C=O) groups excluding carboxylic acids is 5. The lowest BCUT2D eigenvalue weighted by molar-refractivity contribution is -0.143. The number of alkyl halides is 6. The Bertz CT molecular complexity index is 3590. The maximum absolute atomic E-state index is 14.2. The molecule has 10 rings (SSSR count). The van der Waals surface area contributed by atoms with E-state index < -0.39 is 64.6 Å². The Hall–Kier alpha value is -7.51. The highest BCUT2D eigenvalue weighted by molar-refractivity contribution is 5.95. The third-order valence-corrected chi connectivity index (χ3v) is 18.9. The summed E-state index contributed by atoms with van der Waals surface area (Å²) in [6, 6.07) is 39.0. The van der Waals surface area contributed by atoms with Crippen LogP contribution in [0.5, 0.6) is 0 Å². The van der Waals surface area contributed by atoms with Crippen molar-refractivity contribution in [2.24, 2.45) is 0 Å².